The van der Waals surface area contributed by atoms with Crippen molar-refractivity contribution in [3.8, 4) is 0 Å². The molecule has 1 heterocycles. The molecule has 1 amide bonds. The Morgan fingerprint density at radius 1 is 1.28 bits per heavy atom. The first-order valence-electron chi connectivity index (χ1n) is 10.3. The summed E-state index contributed by atoms with van der Waals surface area (Å²) in [4.78, 5) is 19.1. The van der Waals surface area contributed by atoms with Crippen molar-refractivity contribution in [2.24, 2.45) is 4.99 Å². The molecule has 3 N–H and O–H groups in total. The molecule has 1 atom stereocenters. The van der Waals surface area contributed by atoms with Crippen LogP contribution >= 0.6 is 35.6 Å². The number of guanidine groups is 1. The zero-order valence-electron chi connectivity index (χ0n) is 17.3. The minimum Gasteiger partial charge on any atom is -0.356 e. The number of hydrogen-bond acceptors (Lipinski definition) is 3. The molecule has 1 aliphatic heterocycles. The van der Waals surface area contributed by atoms with Crippen LogP contribution in [0, 0.1) is 6.92 Å². The number of carbonyl (C=O) groups excluding carboxylic acids is 1. The number of likely N-dealkylation sites (tertiary alicyclic amines) is 1. The van der Waals surface area contributed by atoms with Gasteiger partial charge in [0.1, 0.15) is 0 Å². The predicted molar refractivity (Wildman–Crippen MR) is 132 cm³/mol. The molecular weight excluding hydrogens is 501 g/mol. The number of hydrogen-bond donors (Lipinski definition) is 3. The van der Waals surface area contributed by atoms with Crippen LogP contribution in [0.5, 0.6) is 0 Å². The average molecular weight is 534 g/mol. The number of amides is 1. The normalized spacial score (nSPS) is 20.4. The van der Waals surface area contributed by atoms with Crippen molar-refractivity contribution in [3.63, 3.8) is 0 Å². The van der Waals surface area contributed by atoms with Crippen LogP contribution in [-0.4, -0.2) is 55.5 Å². The van der Waals surface area contributed by atoms with Crippen molar-refractivity contribution in [3.05, 3.63) is 28.8 Å². The van der Waals surface area contributed by atoms with Crippen LogP contribution in [0.25, 0.3) is 0 Å². The number of rotatable bonds is 6. The Bertz CT molecular complexity index is 708. The van der Waals surface area contributed by atoms with Gasteiger partial charge in [-0.3, -0.25) is 14.7 Å². The summed E-state index contributed by atoms with van der Waals surface area (Å²) in [6.07, 6.45) is 6.93. The Hall–Kier alpha value is -1.06. The SMILES string of the molecule is CN=C(NCCC(=O)Nc1ccc(C)cc1Cl)NC1CCN(C2CCCC2)C1.I. The topological polar surface area (TPSA) is 68.8 Å². The third-order valence-electron chi connectivity index (χ3n) is 5.67. The van der Waals surface area contributed by atoms with E-state index in [0.29, 0.717) is 29.7 Å². The molecule has 6 nitrogen and oxygen atoms in total. The number of nitrogens with zero attached hydrogens (tertiary/aromatic N) is 2. The van der Waals surface area contributed by atoms with Gasteiger partial charge in [0.2, 0.25) is 5.91 Å². The quantitative estimate of drug-likeness (QED) is 0.296. The second kappa shape index (κ2) is 12.0. The van der Waals surface area contributed by atoms with Gasteiger partial charge in [0.05, 0.1) is 10.7 Å². The molecule has 1 aliphatic carbocycles. The summed E-state index contributed by atoms with van der Waals surface area (Å²) in [5.41, 5.74) is 1.72. The Kier molecular flexibility index (Phi) is 9.98. The van der Waals surface area contributed by atoms with Crippen molar-refractivity contribution in [1.82, 2.24) is 15.5 Å². The highest BCUT2D eigenvalue weighted by Gasteiger charge is 2.30. The van der Waals surface area contributed by atoms with Crippen molar-refractivity contribution >= 4 is 53.1 Å². The average Bonchev–Trinajstić information content (AvgIpc) is 3.34. The maximum absolute atomic E-state index is 12.2. The third-order valence-corrected chi connectivity index (χ3v) is 5.98. The molecule has 3 rings (SSSR count). The molecule has 2 fully saturated rings. The fraction of sp³-hybridized carbons (Fsp3) is 0.619. The van der Waals surface area contributed by atoms with Crippen LogP contribution < -0.4 is 16.0 Å². The van der Waals surface area contributed by atoms with E-state index in [1.54, 1.807) is 7.05 Å². The molecule has 29 heavy (non-hydrogen) atoms. The van der Waals surface area contributed by atoms with E-state index in [2.05, 4.69) is 25.8 Å². The zero-order valence-corrected chi connectivity index (χ0v) is 20.4. The Morgan fingerprint density at radius 2 is 2.03 bits per heavy atom. The van der Waals surface area contributed by atoms with Gasteiger partial charge >= 0.3 is 0 Å². The largest absolute Gasteiger partial charge is 0.356 e. The molecule has 162 valence electrons. The van der Waals surface area contributed by atoms with Gasteiger partial charge in [-0.2, -0.15) is 0 Å². The first-order valence-corrected chi connectivity index (χ1v) is 10.7. The van der Waals surface area contributed by atoms with Crippen LogP contribution in [0.1, 0.15) is 44.1 Å². The Balaban J connectivity index is 0.00000300. The smallest absolute Gasteiger partial charge is 0.226 e. The van der Waals surface area contributed by atoms with Crippen molar-refractivity contribution in [2.45, 2.75) is 57.5 Å². The number of halogens is 2. The Morgan fingerprint density at radius 3 is 2.72 bits per heavy atom. The lowest BCUT2D eigenvalue weighted by atomic mass is 10.2. The summed E-state index contributed by atoms with van der Waals surface area (Å²) in [6, 6.07) is 6.81. The number of nitrogens with one attached hydrogen (secondary N) is 3. The lowest BCUT2D eigenvalue weighted by molar-refractivity contribution is -0.116. The highest BCUT2D eigenvalue weighted by molar-refractivity contribution is 14.0. The fourth-order valence-corrected chi connectivity index (χ4v) is 4.41. The zero-order chi connectivity index (χ0) is 19.9. The summed E-state index contributed by atoms with van der Waals surface area (Å²) in [7, 11) is 1.77. The molecule has 1 saturated carbocycles. The van der Waals surface area contributed by atoms with E-state index < -0.39 is 0 Å². The van der Waals surface area contributed by atoms with Crippen molar-refractivity contribution in [1.29, 1.82) is 0 Å². The minimum absolute atomic E-state index is 0. The van der Waals surface area contributed by atoms with E-state index in [4.69, 9.17) is 11.6 Å². The molecule has 1 saturated heterocycles. The second-order valence-electron chi connectivity index (χ2n) is 7.84. The summed E-state index contributed by atoms with van der Waals surface area (Å²) in [5.74, 6) is 0.696. The lowest BCUT2D eigenvalue weighted by Gasteiger charge is -2.24. The molecule has 0 radical (unpaired) electrons. The fourth-order valence-electron chi connectivity index (χ4n) is 4.12. The molecule has 1 aromatic rings. The van der Waals surface area contributed by atoms with Gasteiger partial charge in [-0.25, -0.2) is 0 Å². The van der Waals surface area contributed by atoms with Gasteiger partial charge < -0.3 is 16.0 Å². The van der Waals surface area contributed by atoms with Crippen LogP contribution in [0.4, 0.5) is 5.69 Å². The van der Waals surface area contributed by atoms with Crippen LogP contribution in [0.3, 0.4) is 0 Å². The van der Waals surface area contributed by atoms with Gasteiger partial charge in [-0.05, 0) is 43.9 Å². The van der Waals surface area contributed by atoms with Gasteiger partial charge in [0.15, 0.2) is 5.96 Å². The Labute approximate surface area is 196 Å². The maximum Gasteiger partial charge on any atom is 0.226 e. The first kappa shape index (κ1) is 24.2. The first-order chi connectivity index (χ1) is 13.5. The van der Waals surface area contributed by atoms with Gasteiger partial charge in [0.25, 0.3) is 0 Å². The number of aryl methyl sites for hydroxylation is 1. The monoisotopic (exact) mass is 533 g/mol. The second-order valence-corrected chi connectivity index (χ2v) is 8.25. The minimum atomic E-state index is -0.0676. The van der Waals surface area contributed by atoms with E-state index in [-0.39, 0.29) is 29.9 Å². The third kappa shape index (κ3) is 7.29. The van der Waals surface area contributed by atoms with E-state index in [0.717, 1.165) is 30.5 Å². The molecular formula is C21H33ClIN5O. The van der Waals surface area contributed by atoms with E-state index in [1.165, 1.54) is 32.2 Å². The van der Waals surface area contributed by atoms with Gasteiger partial charge in [-0.15, -0.1) is 24.0 Å². The molecule has 1 unspecified atom stereocenters. The molecule has 0 spiro atoms. The highest BCUT2D eigenvalue weighted by atomic mass is 127. The van der Waals surface area contributed by atoms with Gasteiger partial charge in [-0.1, -0.05) is 30.5 Å². The van der Waals surface area contributed by atoms with E-state index in [1.807, 2.05) is 25.1 Å². The van der Waals surface area contributed by atoms with Crippen molar-refractivity contribution in [2.75, 3.05) is 32.0 Å². The standard InChI is InChI=1S/C21H32ClN5O.HI/c1-15-7-8-19(18(22)13-15)26-20(28)9-11-24-21(23-2)25-16-10-12-27(14-16)17-5-3-4-6-17;/h7-8,13,16-17H,3-6,9-12,14H2,1-2H3,(H,26,28)(H2,23,24,25);1H. The molecule has 8 heteroatoms. The van der Waals surface area contributed by atoms with Crippen LogP contribution in [0.2, 0.25) is 5.02 Å². The summed E-state index contributed by atoms with van der Waals surface area (Å²) >= 11 is 6.17. The molecule has 0 aromatic heterocycles. The number of aliphatic imine (C=N–C) groups is 1. The van der Waals surface area contributed by atoms with E-state index in [9.17, 15) is 4.79 Å². The summed E-state index contributed by atoms with van der Waals surface area (Å²) < 4.78 is 0. The maximum atomic E-state index is 12.2. The lowest BCUT2D eigenvalue weighted by Crippen LogP contribution is -2.45. The van der Waals surface area contributed by atoms with Crippen molar-refractivity contribution < 1.29 is 4.79 Å². The number of anilines is 1. The molecule has 2 aliphatic rings. The van der Waals surface area contributed by atoms with E-state index >= 15 is 0 Å². The van der Waals surface area contributed by atoms with Gasteiger partial charge in [0, 0.05) is 45.2 Å². The number of carbonyl (C=O) groups is 1. The summed E-state index contributed by atoms with van der Waals surface area (Å²) in [5, 5.41) is 10.2. The summed E-state index contributed by atoms with van der Waals surface area (Å²) in [6.45, 7) is 4.74. The molecule has 1 aromatic carbocycles. The van der Waals surface area contributed by atoms with Crippen LogP contribution in [-0.2, 0) is 4.79 Å². The molecule has 0 bridgehead atoms. The highest BCUT2D eigenvalue weighted by Crippen LogP contribution is 2.26. The predicted octanol–water partition coefficient (Wildman–Crippen LogP) is 3.78. The van der Waals surface area contributed by atoms with Crippen LogP contribution in [0.15, 0.2) is 23.2 Å². The number of benzene rings is 1.